The molecule has 8 nitrogen and oxygen atoms in total. The van der Waals surface area contributed by atoms with E-state index in [-0.39, 0.29) is 5.91 Å². The second kappa shape index (κ2) is 6.47. The lowest BCUT2D eigenvalue weighted by atomic mass is 9.80. The maximum Gasteiger partial charge on any atom is 0.253 e. The zero-order valence-corrected chi connectivity index (χ0v) is 15.9. The average molecular weight is 375 g/mol. The largest absolute Gasteiger partial charge is 0.338 e. The van der Waals surface area contributed by atoms with Crippen molar-refractivity contribution in [3.05, 3.63) is 58.9 Å². The molecule has 0 bridgehead atoms. The Morgan fingerprint density at radius 1 is 1.14 bits per heavy atom. The Kier molecular flexibility index (Phi) is 3.92. The number of likely N-dealkylation sites (tertiary alicyclic amines) is 1. The molecule has 8 heteroatoms. The lowest BCUT2D eigenvalue weighted by Gasteiger charge is -2.25. The van der Waals surface area contributed by atoms with E-state index in [2.05, 4.69) is 20.5 Å². The van der Waals surface area contributed by atoms with E-state index in [9.17, 15) is 4.79 Å². The summed E-state index contributed by atoms with van der Waals surface area (Å²) in [4.78, 5) is 24.1. The highest BCUT2D eigenvalue weighted by Gasteiger charge is 2.40. The normalized spacial score (nSPS) is 20.7. The minimum Gasteiger partial charge on any atom is -0.338 e. The van der Waals surface area contributed by atoms with Crippen molar-refractivity contribution in [2.24, 2.45) is 5.92 Å². The SMILES string of the molecule is Cc1ncc2c(n1)[C@H]1CN(C(=O)c3ccc(-n4nnnc4C)cc3)C[C@H]1CC2. The molecule has 28 heavy (non-hydrogen) atoms. The molecule has 0 unspecified atom stereocenters. The van der Waals surface area contributed by atoms with Crippen LogP contribution in [0.25, 0.3) is 5.69 Å². The lowest BCUT2D eigenvalue weighted by molar-refractivity contribution is 0.0786. The third-order valence-electron chi connectivity index (χ3n) is 5.87. The number of amides is 1. The van der Waals surface area contributed by atoms with Crippen LogP contribution in [-0.4, -0.2) is 54.1 Å². The number of benzene rings is 1. The van der Waals surface area contributed by atoms with Gasteiger partial charge in [0, 0.05) is 30.8 Å². The first-order valence-corrected chi connectivity index (χ1v) is 9.57. The first-order chi connectivity index (χ1) is 13.6. The number of rotatable bonds is 2. The second-order valence-corrected chi connectivity index (χ2v) is 7.63. The van der Waals surface area contributed by atoms with Crippen molar-refractivity contribution in [3.63, 3.8) is 0 Å². The topological polar surface area (TPSA) is 89.7 Å². The molecular weight excluding hydrogens is 354 g/mol. The Labute approximate surface area is 162 Å². The number of carbonyl (C=O) groups is 1. The van der Waals surface area contributed by atoms with E-state index in [4.69, 9.17) is 4.98 Å². The highest BCUT2D eigenvalue weighted by atomic mass is 16.2. The molecule has 0 saturated carbocycles. The molecule has 0 radical (unpaired) electrons. The molecule has 1 aliphatic carbocycles. The molecule has 2 atom stereocenters. The average Bonchev–Trinajstić information content (AvgIpc) is 3.34. The van der Waals surface area contributed by atoms with Crippen LogP contribution in [0.1, 0.15) is 45.6 Å². The molecule has 1 fully saturated rings. The smallest absolute Gasteiger partial charge is 0.253 e. The fourth-order valence-electron chi connectivity index (χ4n) is 4.40. The van der Waals surface area contributed by atoms with Crippen LogP contribution in [0.2, 0.25) is 0 Å². The third kappa shape index (κ3) is 2.76. The van der Waals surface area contributed by atoms with Gasteiger partial charge >= 0.3 is 0 Å². The van der Waals surface area contributed by atoms with Crippen LogP contribution >= 0.6 is 0 Å². The van der Waals surface area contributed by atoms with Gasteiger partial charge in [-0.05, 0) is 72.9 Å². The molecule has 0 N–H and O–H groups in total. The number of hydrogen-bond donors (Lipinski definition) is 0. The summed E-state index contributed by atoms with van der Waals surface area (Å²) < 4.78 is 1.65. The van der Waals surface area contributed by atoms with Gasteiger partial charge in [-0.3, -0.25) is 4.79 Å². The number of tetrazole rings is 1. The monoisotopic (exact) mass is 375 g/mol. The number of carbonyl (C=O) groups excluding carboxylic acids is 1. The molecule has 142 valence electrons. The van der Waals surface area contributed by atoms with Crippen molar-refractivity contribution in [3.8, 4) is 5.69 Å². The summed E-state index contributed by atoms with van der Waals surface area (Å²) in [5, 5.41) is 11.5. The molecular formula is C20H21N7O. The highest BCUT2D eigenvalue weighted by Crippen LogP contribution is 2.40. The fourth-order valence-corrected chi connectivity index (χ4v) is 4.40. The van der Waals surface area contributed by atoms with Gasteiger partial charge in [-0.15, -0.1) is 5.10 Å². The summed E-state index contributed by atoms with van der Waals surface area (Å²) in [7, 11) is 0. The fraction of sp³-hybridized carbons (Fsp3) is 0.400. The van der Waals surface area contributed by atoms with Crippen LogP contribution in [0, 0.1) is 19.8 Å². The summed E-state index contributed by atoms with van der Waals surface area (Å²) in [6.07, 6.45) is 4.04. The first kappa shape index (κ1) is 17.0. The highest BCUT2D eigenvalue weighted by molar-refractivity contribution is 5.94. The predicted octanol–water partition coefficient (Wildman–Crippen LogP) is 1.87. The number of nitrogens with zero attached hydrogens (tertiary/aromatic N) is 7. The maximum atomic E-state index is 13.1. The van der Waals surface area contributed by atoms with Gasteiger partial charge in [0.25, 0.3) is 5.91 Å². The molecule has 2 aromatic heterocycles. The number of aryl methyl sites for hydroxylation is 3. The molecule has 2 aliphatic rings. The van der Waals surface area contributed by atoms with Crippen LogP contribution in [0.15, 0.2) is 30.5 Å². The van der Waals surface area contributed by atoms with Crippen LogP contribution in [-0.2, 0) is 6.42 Å². The van der Waals surface area contributed by atoms with Gasteiger partial charge in [0.2, 0.25) is 0 Å². The molecule has 5 rings (SSSR count). The quantitative estimate of drug-likeness (QED) is 0.679. The summed E-state index contributed by atoms with van der Waals surface area (Å²) in [5.41, 5.74) is 3.91. The van der Waals surface area contributed by atoms with E-state index < -0.39 is 0 Å². The predicted molar refractivity (Wildman–Crippen MR) is 101 cm³/mol. The van der Waals surface area contributed by atoms with Gasteiger partial charge < -0.3 is 4.90 Å². The van der Waals surface area contributed by atoms with Gasteiger partial charge in [-0.25, -0.2) is 9.97 Å². The molecule has 1 aliphatic heterocycles. The summed E-state index contributed by atoms with van der Waals surface area (Å²) in [6, 6.07) is 7.46. The molecule has 1 aromatic carbocycles. The van der Waals surface area contributed by atoms with E-state index in [0.717, 1.165) is 43.1 Å². The van der Waals surface area contributed by atoms with E-state index in [1.807, 2.05) is 49.2 Å². The molecule has 1 saturated heterocycles. The van der Waals surface area contributed by atoms with Crippen molar-refractivity contribution in [1.82, 2.24) is 35.1 Å². The van der Waals surface area contributed by atoms with Crippen molar-refractivity contribution in [2.45, 2.75) is 32.6 Å². The molecule has 3 heterocycles. The third-order valence-corrected chi connectivity index (χ3v) is 5.87. The van der Waals surface area contributed by atoms with Gasteiger partial charge in [-0.1, -0.05) is 0 Å². The Bertz CT molecular complexity index is 1040. The maximum absolute atomic E-state index is 13.1. The Balaban J connectivity index is 1.36. The Morgan fingerprint density at radius 2 is 1.96 bits per heavy atom. The van der Waals surface area contributed by atoms with Crippen LogP contribution in [0.4, 0.5) is 0 Å². The number of aromatic nitrogens is 6. The summed E-state index contributed by atoms with van der Waals surface area (Å²) in [6.45, 7) is 5.28. The molecule has 1 amide bonds. The lowest BCUT2D eigenvalue weighted by Crippen LogP contribution is -2.28. The Morgan fingerprint density at radius 3 is 2.71 bits per heavy atom. The van der Waals surface area contributed by atoms with Crippen molar-refractivity contribution in [1.29, 1.82) is 0 Å². The second-order valence-electron chi connectivity index (χ2n) is 7.63. The number of fused-ring (bicyclic) bond motifs is 3. The van der Waals surface area contributed by atoms with Gasteiger partial charge in [-0.2, -0.15) is 4.68 Å². The van der Waals surface area contributed by atoms with Crippen molar-refractivity contribution in [2.75, 3.05) is 13.1 Å². The summed E-state index contributed by atoms with van der Waals surface area (Å²) >= 11 is 0. The van der Waals surface area contributed by atoms with Gasteiger partial charge in [0.05, 0.1) is 11.4 Å². The van der Waals surface area contributed by atoms with Gasteiger partial charge in [0.15, 0.2) is 5.82 Å². The van der Waals surface area contributed by atoms with E-state index in [1.54, 1.807) is 4.68 Å². The Hall–Kier alpha value is -3.16. The van der Waals surface area contributed by atoms with E-state index in [1.165, 1.54) is 5.56 Å². The van der Waals surface area contributed by atoms with E-state index in [0.29, 0.717) is 23.2 Å². The van der Waals surface area contributed by atoms with Crippen molar-refractivity contribution >= 4 is 5.91 Å². The molecule has 0 spiro atoms. The minimum atomic E-state index is 0.0710. The minimum absolute atomic E-state index is 0.0710. The zero-order valence-electron chi connectivity index (χ0n) is 15.9. The summed E-state index contributed by atoms with van der Waals surface area (Å²) in [5.74, 6) is 2.38. The van der Waals surface area contributed by atoms with Crippen LogP contribution < -0.4 is 0 Å². The van der Waals surface area contributed by atoms with Crippen molar-refractivity contribution < 1.29 is 4.79 Å². The zero-order chi connectivity index (χ0) is 19.3. The van der Waals surface area contributed by atoms with Crippen LogP contribution in [0.5, 0.6) is 0 Å². The van der Waals surface area contributed by atoms with Gasteiger partial charge in [0.1, 0.15) is 5.82 Å². The number of hydrogen-bond acceptors (Lipinski definition) is 6. The van der Waals surface area contributed by atoms with E-state index >= 15 is 0 Å². The van der Waals surface area contributed by atoms with Crippen LogP contribution in [0.3, 0.4) is 0 Å². The standard InChI is InChI=1S/C20H21N7O/c1-12-21-9-15-3-4-16-10-26(11-18(16)19(15)22-12)20(28)14-5-7-17(8-6-14)27-13(2)23-24-25-27/h5-9,16,18H,3-4,10-11H2,1-2H3/t16-,18+/m1/s1. The first-order valence-electron chi connectivity index (χ1n) is 9.57. The molecule has 3 aromatic rings.